The summed E-state index contributed by atoms with van der Waals surface area (Å²) in [6, 6.07) is 0. The van der Waals surface area contributed by atoms with Crippen LogP contribution in [0.3, 0.4) is 0 Å². The molecule has 0 aromatic carbocycles. The second-order valence-electron chi connectivity index (χ2n) is 4.71. The van der Waals surface area contributed by atoms with Crippen LogP contribution in [0.15, 0.2) is 0 Å². The molecule has 17 heavy (non-hydrogen) atoms. The maximum Gasteiger partial charge on any atom is 0.305 e. The van der Waals surface area contributed by atoms with Gasteiger partial charge >= 0.3 is 5.97 Å². The minimum atomic E-state index is -0.836. The fourth-order valence-corrected chi connectivity index (χ4v) is 1.88. The molecule has 102 valence electrons. The van der Waals surface area contributed by atoms with Crippen LogP contribution >= 0.6 is 0 Å². The van der Waals surface area contributed by atoms with Crippen LogP contribution in [0.25, 0.3) is 0 Å². The second kappa shape index (κ2) is 9.39. The predicted molar refractivity (Wildman–Crippen MR) is 69.9 cm³/mol. The standard InChI is InChI=1S/C12H27N3O2/c1-2-3-4-5-6-12(14,9-11(16)17)10-15-8-7-13/h15H,2-10,13-14H2,1H3,(H,16,17). The minimum absolute atomic E-state index is 0.0106. The van der Waals surface area contributed by atoms with Crippen LogP contribution in [0.5, 0.6) is 0 Å². The highest BCUT2D eigenvalue weighted by Crippen LogP contribution is 2.16. The van der Waals surface area contributed by atoms with Gasteiger partial charge in [-0.2, -0.15) is 0 Å². The second-order valence-corrected chi connectivity index (χ2v) is 4.71. The van der Waals surface area contributed by atoms with Crippen molar-refractivity contribution < 1.29 is 9.90 Å². The SMILES string of the molecule is CCCCCCC(N)(CNCCN)CC(=O)O. The highest BCUT2D eigenvalue weighted by Gasteiger charge is 2.27. The summed E-state index contributed by atoms with van der Waals surface area (Å²) in [5.41, 5.74) is 10.9. The van der Waals surface area contributed by atoms with Crippen LogP contribution in [0, 0.1) is 0 Å². The molecule has 6 N–H and O–H groups in total. The largest absolute Gasteiger partial charge is 0.481 e. The molecular formula is C12H27N3O2. The first-order valence-electron chi connectivity index (χ1n) is 6.45. The summed E-state index contributed by atoms with van der Waals surface area (Å²) in [6.07, 6.45) is 5.21. The Morgan fingerprint density at radius 3 is 2.59 bits per heavy atom. The molecule has 0 rings (SSSR count). The number of carbonyl (C=O) groups is 1. The van der Waals surface area contributed by atoms with E-state index < -0.39 is 11.5 Å². The van der Waals surface area contributed by atoms with E-state index in [0.29, 0.717) is 19.6 Å². The Labute approximate surface area is 104 Å². The third kappa shape index (κ3) is 9.09. The molecule has 0 amide bonds. The summed E-state index contributed by atoms with van der Waals surface area (Å²) in [4.78, 5) is 10.8. The third-order valence-electron chi connectivity index (χ3n) is 2.83. The molecule has 0 aliphatic heterocycles. The number of rotatable bonds is 11. The lowest BCUT2D eigenvalue weighted by atomic mass is 9.89. The quantitative estimate of drug-likeness (QED) is 0.401. The van der Waals surface area contributed by atoms with Gasteiger partial charge in [0, 0.05) is 25.2 Å². The number of nitrogens with two attached hydrogens (primary N) is 2. The zero-order chi connectivity index (χ0) is 13.1. The van der Waals surface area contributed by atoms with Crippen LogP contribution in [0.4, 0.5) is 0 Å². The Morgan fingerprint density at radius 2 is 2.06 bits per heavy atom. The lowest BCUT2D eigenvalue weighted by molar-refractivity contribution is -0.138. The number of unbranched alkanes of at least 4 members (excludes halogenated alkanes) is 3. The lowest BCUT2D eigenvalue weighted by Crippen LogP contribution is -2.51. The first-order chi connectivity index (χ1) is 8.04. The van der Waals surface area contributed by atoms with E-state index in [4.69, 9.17) is 16.6 Å². The number of carboxylic acids is 1. The van der Waals surface area contributed by atoms with Gasteiger partial charge in [-0.3, -0.25) is 4.79 Å². The molecule has 0 radical (unpaired) electrons. The van der Waals surface area contributed by atoms with Crippen LogP contribution < -0.4 is 16.8 Å². The number of carboxylic acid groups (broad SMARTS) is 1. The average Bonchev–Trinajstić information content (AvgIpc) is 2.24. The van der Waals surface area contributed by atoms with Crippen molar-refractivity contribution in [2.24, 2.45) is 11.5 Å². The van der Waals surface area contributed by atoms with Crippen molar-refractivity contribution in [1.82, 2.24) is 5.32 Å². The maximum absolute atomic E-state index is 10.8. The average molecular weight is 245 g/mol. The number of aliphatic carboxylic acids is 1. The highest BCUT2D eigenvalue weighted by molar-refractivity contribution is 5.68. The number of nitrogens with one attached hydrogen (secondary N) is 1. The summed E-state index contributed by atoms with van der Waals surface area (Å²) < 4.78 is 0. The fourth-order valence-electron chi connectivity index (χ4n) is 1.88. The molecule has 0 bridgehead atoms. The highest BCUT2D eigenvalue weighted by atomic mass is 16.4. The molecule has 5 heteroatoms. The van der Waals surface area contributed by atoms with E-state index in [0.717, 1.165) is 19.3 Å². The zero-order valence-electron chi connectivity index (χ0n) is 10.9. The van der Waals surface area contributed by atoms with Gasteiger partial charge in [-0.1, -0.05) is 32.6 Å². The molecule has 0 aromatic heterocycles. The minimum Gasteiger partial charge on any atom is -0.481 e. The van der Waals surface area contributed by atoms with Crippen LogP contribution in [-0.4, -0.2) is 36.2 Å². The van der Waals surface area contributed by atoms with Gasteiger partial charge in [0.25, 0.3) is 0 Å². The van der Waals surface area contributed by atoms with E-state index in [9.17, 15) is 4.79 Å². The smallest absolute Gasteiger partial charge is 0.305 e. The summed E-state index contributed by atoms with van der Waals surface area (Å²) in [6.45, 7) is 3.88. The number of hydrogen-bond donors (Lipinski definition) is 4. The molecule has 0 aliphatic rings. The molecule has 1 atom stereocenters. The van der Waals surface area contributed by atoms with Gasteiger partial charge in [0.2, 0.25) is 0 Å². The summed E-state index contributed by atoms with van der Waals surface area (Å²) in [5, 5.41) is 12.0. The topological polar surface area (TPSA) is 101 Å². The van der Waals surface area contributed by atoms with Crippen molar-refractivity contribution in [3.8, 4) is 0 Å². The first-order valence-corrected chi connectivity index (χ1v) is 6.45. The molecule has 5 nitrogen and oxygen atoms in total. The predicted octanol–water partition coefficient (Wildman–Crippen LogP) is 0.677. The molecule has 0 saturated heterocycles. The number of hydrogen-bond acceptors (Lipinski definition) is 4. The fraction of sp³-hybridized carbons (Fsp3) is 0.917. The van der Waals surface area contributed by atoms with Gasteiger partial charge in [0.05, 0.1) is 6.42 Å². The summed E-state index contributed by atoms with van der Waals surface area (Å²) in [5.74, 6) is -0.836. The third-order valence-corrected chi connectivity index (χ3v) is 2.83. The Bertz CT molecular complexity index is 212. The van der Waals surface area contributed by atoms with Gasteiger partial charge in [-0.25, -0.2) is 0 Å². The Hall–Kier alpha value is -0.650. The Kier molecular flexibility index (Phi) is 9.03. The van der Waals surface area contributed by atoms with E-state index >= 15 is 0 Å². The van der Waals surface area contributed by atoms with Crippen LogP contribution in [-0.2, 0) is 4.79 Å². The van der Waals surface area contributed by atoms with E-state index in [1.54, 1.807) is 0 Å². The van der Waals surface area contributed by atoms with Crippen LogP contribution in [0.2, 0.25) is 0 Å². The van der Waals surface area contributed by atoms with Crippen molar-refractivity contribution in [2.45, 2.75) is 51.0 Å². The Morgan fingerprint density at radius 1 is 1.35 bits per heavy atom. The van der Waals surface area contributed by atoms with Crippen molar-refractivity contribution in [2.75, 3.05) is 19.6 Å². The monoisotopic (exact) mass is 245 g/mol. The maximum atomic E-state index is 10.8. The van der Waals surface area contributed by atoms with E-state index in [1.165, 1.54) is 12.8 Å². The van der Waals surface area contributed by atoms with Crippen molar-refractivity contribution >= 4 is 5.97 Å². The summed E-state index contributed by atoms with van der Waals surface area (Å²) >= 11 is 0. The molecule has 0 fully saturated rings. The van der Waals surface area contributed by atoms with E-state index in [2.05, 4.69) is 12.2 Å². The van der Waals surface area contributed by atoms with Gasteiger partial charge in [0.15, 0.2) is 0 Å². The lowest BCUT2D eigenvalue weighted by Gasteiger charge is -2.28. The van der Waals surface area contributed by atoms with Crippen molar-refractivity contribution in [3.63, 3.8) is 0 Å². The van der Waals surface area contributed by atoms with Crippen molar-refractivity contribution in [1.29, 1.82) is 0 Å². The summed E-state index contributed by atoms with van der Waals surface area (Å²) in [7, 11) is 0. The Balaban J connectivity index is 4.04. The molecule has 0 heterocycles. The normalized spacial score (nSPS) is 14.5. The zero-order valence-corrected chi connectivity index (χ0v) is 10.9. The molecule has 0 aliphatic carbocycles. The molecular weight excluding hydrogens is 218 g/mol. The van der Waals surface area contributed by atoms with Gasteiger partial charge in [-0.05, 0) is 6.42 Å². The van der Waals surface area contributed by atoms with Crippen molar-refractivity contribution in [3.05, 3.63) is 0 Å². The molecule has 0 spiro atoms. The van der Waals surface area contributed by atoms with Gasteiger partial charge in [0.1, 0.15) is 0 Å². The van der Waals surface area contributed by atoms with Crippen LogP contribution in [0.1, 0.15) is 45.4 Å². The van der Waals surface area contributed by atoms with Gasteiger partial charge in [-0.15, -0.1) is 0 Å². The van der Waals surface area contributed by atoms with E-state index in [-0.39, 0.29) is 6.42 Å². The molecule has 0 aromatic rings. The molecule has 1 unspecified atom stereocenters. The van der Waals surface area contributed by atoms with E-state index in [1.807, 2.05) is 0 Å². The molecule has 0 saturated carbocycles. The first kappa shape index (κ1) is 16.4. The van der Waals surface area contributed by atoms with Gasteiger partial charge < -0.3 is 21.9 Å².